The molecule has 0 unspecified atom stereocenters. The highest BCUT2D eigenvalue weighted by Gasteiger charge is 2.16. The van der Waals surface area contributed by atoms with Crippen molar-refractivity contribution in [3.63, 3.8) is 0 Å². The van der Waals surface area contributed by atoms with Gasteiger partial charge in [0.05, 0.1) is 17.3 Å². The first-order valence-electron chi connectivity index (χ1n) is 5.47. The van der Waals surface area contributed by atoms with Crippen LogP contribution in [0.1, 0.15) is 0 Å². The molecule has 19 heavy (non-hydrogen) atoms. The quantitative estimate of drug-likeness (QED) is 0.626. The molecule has 1 aromatic rings. The number of carbonyl (C=O) groups excluding carboxylic acids is 2. The molecule has 0 aliphatic heterocycles. The van der Waals surface area contributed by atoms with Crippen molar-refractivity contribution in [3.8, 4) is 0 Å². The number of hydrogen-bond donors (Lipinski definition) is 2. The van der Waals surface area contributed by atoms with E-state index in [1.165, 1.54) is 14.2 Å². The zero-order chi connectivity index (χ0) is 14.3. The van der Waals surface area contributed by atoms with Gasteiger partial charge in [-0.3, -0.25) is 9.59 Å². The van der Waals surface area contributed by atoms with Gasteiger partial charge in [0.2, 0.25) is 0 Å². The minimum absolute atomic E-state index is 0.0712. The van der Waals surface area contributed by atoms with Crippen molar-refractivity contribution in [2.75, 3.05) is 26.1 Å². The van der Waals surface area contributed by atoms with Gasteiger partial charge in [0, 0.05) is 14.2 Å². The smallest absolute Gasteiger partial charge is 0.313 e. The maximum atomic E-state index is 11.6. The Labute approximate surface area is 116 Å². The van der Waals surface area contributed by atoms with Gasteiger partial charge in [-0.2, -0.15) is 0 Å². The van der Waals surface area contributed by atoms with Crippen LogP contribution in [0, 0.1) is 0 Å². The van der Waals surface area contributed by atoms with E-state index in [0.717, 1.165) is 0 Å². The molecule has 0 bridgehead atoms. The van der Waals surface area contributed by atoms with Gasteiger partial charge in [0.15, 0.2) is 6.29 Å². The molecule has 2 N–H and O–H groups in total. The molecule has 104 valence electrons. The number of amides is 2. The second-order valence-electron chi connectivity index (χ2n) is 3.54. The van der Waals surface area contributed by atoms with Crippen molar-refractivity contribution >= 4 is 29.1 Å². The standard InChI is InChI=1S/C12H15ClN2O4/c1-18-10(19-2)7-14-11(16)12(17)15-9-6-4-3-5-8(9)13/h3-6,10H,7H2,1-2H3,(H,14,16)(H,15,17). The van der Waals surface area contributed by atoms with E-state index in [-0.39, 0.29) is 6.54 Å². The molecular formula is C12H15ClN2O4. The summed E-state index contributed by atoms with van der Waals surface area (Å²) < 4.78 is 9.75. The molecule has 0 fully saturated rings. The van der Waals surface area contributed by atoms with Crippen molar-refractivity contribution < 1.29 is 19.1 Å². The van der Waals surface area contributed by atoms with Crippen molar-refractivity contribution in [2.45, 2.75) is 6.29 Å². The first kappa shape index (κ1) is 15.4. The van der Waals surface area contributed by atoms with Crippen molar-refractivity contribution in [1.29, 1.82) is 0 Å². The van der Waals surface area contributed by atoms with Crippen LogP contribution >= 0.6 is 11.6 Å². The number of para-hydroxylation sites is 1. The van der Waals surface area contributed by atoms with E-state index in [9.17, 15) is 9.59 Å². The Kier molecular flexibility index (Phi) is 6.27. The molecule has 0 aliphatic rings. The average molecular weight is 287 g/mol. The normalized spacial score (nSPS) is 10.3. The predicted molar refractivity (Wildman–Crippen MR) is 70.9 cm³/mol. The summed E-state index contributed by atoms with van der Waals surface area (Å²) in [6.45, 7) is 0.0712. The molecule has 2 amide bonds. The van der Waals surface area contributed by atoms with Crippen molar-refractivity contribution in [3.05, 3.63) is 29.3 Å². The molecule has 1 rings (SSSR count). The molecule has 0 radical (unpaired) electrons. The third-order valence-corrected chi connectivity index (χ3v) is 2.61. The summed E-state index contributed by atoms with van der Waals surface area (Å²) >= 11 is 5.86. The number of methoxy groups -OCH3 is 2. The topological polar surface area (TPSA) is 76.7 Å². The molecule has 0 aliphatic carbocycles. The van der Waals surface area contributed by atoms with Gasteiger partial charge in [0.25, 0.3) is 0 Å². The number of halogens is 1. The Morgan fingerprint density at radius 2 is 1.84 bits per heavy atom. The van der Waals surface area contributed by atoms with Crippen LogP contribution in [0.4, 0.5) is 5.69 Å². The minimum Gasteiger partial charge on any atom is -0.354 e. The first-order valence-corrected chi connectivity index (χ1v) is 5.85. The molecule has 0 atom stereocenters. The van der Waals surface area contributed by atoms with Gasteiger partial charge in [-0.15, -0.1) is 0 Å². The molecule has 0 saturated heterocycles. The number of benzene rings is 1. The highest BCUT2D eigenvalue weighted by molar-refractivity contribution is 6.41. The van der Waals surface area contributed by atoms with Crippen molar-refractivity contribution in [1.82, 2.24) is 5.32 Å². The molecule has 0 heterocycles. The fourth-order valence-electron chi connectivity index (χ4n) is 1.26. The Bertz CT molecular complexity index is 449. The summed E-state index contributed by atoms with van der Waals surface area (Å²) in [4.78, 5) is 23.1. The average Bonchev–Trinajstić information content (AvgIpc) is 2.42. The lowest BCUT2D eigenvalue weighted by Crippen LogP contribution is -2.40. The molecular weight excluding hydrogens is 272 g/mol. The lowest BCUT2D eigenvalue weighted by atomic mass is 10.3. The van der Waals surface area contributed by atoms with Crippen LogP contribution in [0.3, 0.4) is 0 Å². The minimum atomic E-state index is -0.806. The van der Waals surface area contributed by atoms with Crippen LogP contribution < -0.4 is 10.6 Å². The maximum absolute atomic E-state index is 11.6. The lowest BCUT2D eigenvalue weighted by molar-refractivity contribution is -0.139. The van der Waals surface area contributed by atoms with E-state index in [0.29, 0.717) is 10.7 Å². The number of nitrogens with one attached hydrogen (secondary N) is 2. The lowest BCUT2D eigenvalue weighted by Gasteiger charge is -2.13. The fraction of sp³-hybridized carbons (Fsp3) is 0.333. The van der Waals surface area contributed by atoms with Crippen LogP contribution in [0.15, 0.2) is 24.3 Å². The highest BCUT2D eigenvalue weighted by atomic mass is 35.5. The molecule has 6 nitrogen and oxygen atoms in total. The van der Waals surface area contributed by atoms with Gasteiger partial charge in [-0.05, 0) is 12.1 Å². The van der Waals surface area contributed by atoms with Crippen LogP contribution in [0.5, 0.6) is 0 Å². The Morgan fingerprint density at radius 3 is 2.42 bits per heavy atom. The summed E-state index contributed by atoms with van der Waals surface area (Å²) in [6.07, 6.45) is -0.600. The number of anilines is 1. The molecule has 0 aromatic heterocycles. The van der Waals surface area contributed by atoms with E-state index in [1.807, 2.05) is 0 Å². The summed E-state index contributed by atoms with van der Waals surface area (Å²) in [5.41, 5.74) is 0.374. The number of carbonyl (C=O) groups is 2. The van der Waals surface area contributed by atoms with E-state index in [1.54, 1.807) is 24.3 Å². The molecule has 7 heteroatoms. The predicted octanol–water partition coefficient (Wildman–Crippen LogP) is 1.01. The summed E-state index contributed by atoms with van der Waals surface area (Å²) in [5, 5.41) is 5.14. The second kappa shape index (κ2) is 7.73. The summed E-state index contributed by atoms with van der Waals surface area (Å²) in [5.74, 6) is -1.60. The second-order valence-corrected chi connectivity index (χ2v) is 3.95. The highest BCUT2D eigenvalue weighted by Crippen LogP contribution is 2.20. The van der Waals surface area contributed by atoms with E-state index < -0.39 is 18.1 Å². The fourth-order valence-corrected chi connectivity index (χ4v) is 1.44. The van der Waals surface area contributed by atoms with E-state index in [4.69, 9.17) is 21.1 Å². The Hall–Kier alpha value is -1.63. The Balaban J connectivity index is 2.50. The van der Waals surface area contributed by atoms with Crippen LogP contribution in [0.2, 0.25) is 5.02 Å². The largest absolute Gasteiger partial charge is 0.354 e. The number of rotatable bonds is 5. The van der Waals surface area contributed by atoms with Gasteiger partial charge in [-0.1, -0.05) is 23.7 Å². The molecule has 0 spiro atoms. The SMILES string of the molecule is COC(CNC(=O)C(=O)Nc1ccccc1Cl)OC. The van der Waals surface area contributed by atoms with Crippen LogP contribution in [0.25, 0.3) is 0 Å². The number of hydrogen-bond acceptors (Lipinski definition) is 4. The number of ether oxygens (including phenoxy) is 2. The monoisotopic (exact) mass is 286 g/mol. The Morgan fingerprint density at radius 1 is 1.21 bits per heavy atom. The van der Waals surface area contributed by atoms with Crippen LogP contribution in [-0.4, -0.2) is 38.9 Å². The van der Waals surface area contributed by atoms with Crippen LogP contribution in [-0.2, 0) is 19.1 Å². The van der Waals surface area contributed by atoms with Gasteiger partial charge in [-0.25, -0.2) is 0 Å². The zero-order valence-corrected chi connectivity index (χ0v) is 11.4. The third-order valence-electron chi connectivity index (χ3n) is 2.28. The zero-order valence-electron chi connectivity index (χ0n) is 10.6. The third kappa shape index (κ3) is 4.86. The van der Waals surface area contributed by atoms with E-state index >= 15 is 0 Å². The first-order chi connectivity index (χ1) is 9.08. The van der Waals surface area contributed by atoms with Gasteiger partial charge >= 0.3 is 11.8 Å². The van der Waals surface area contributed by atoms with E-state index in [2.05, 4.69) is 10.6 Å². The summed E-state index contributed by atoms with van der Waals surface area (Å²) in [6, 6.07) is 6.63. The van der Waals surface area contributed by atoms with Gasteiger partial charge in [0.1, 0.15) is 0 Å². The molecule has 1 aromatic carbocycles. The maximum Gasteiger partial charge on any atom is 0.313 e. The van der Waals surface area contributed by atoms with Crippen molar-refractivity contribution in [2.24, 2.45) is 0 Å². The summed E-state index contributed by atoms with van der Waals surface area (Å²) in [7, 11) is 2.87. The molecule has 0 saturated carbocycles. The van der Waals surface area contributed by atoms with Gasteiger partial charge < -0.3 is 20.1 Å².